The van der Waals surface area contributed by atoms with Crippen LogP contribution in [0.2, 0.25) is 0 Å². The maximum absolute atomic E-state index is 13.5. The summed E-state index contributed by atoms with van der Waals surface area (Å²) in [6.45, 7) is 1.63. The minimum Gasteiger partial charge on any atom is -0.363 e. The van der Waals surface area contributed by atoms with Crippen molar-refractivity contribution in [1.29, 1.82) is 0 Å². The minimum absolute atomic E-state index is 0.0501. The summed E-state index contributed by atoms with van der Waals surface area (Å²) < 4.78 is 56.9. The van der Waals surface area contributed by atoms with Gasteiger partial charge in [-0.15, -0.1) is 11.3 Å². The fraction of sp³-hybridized carbons (Fsp3) is 0.143. The molecule has 10 nitrogen and oxygen atoms in total. The number of nitrogens with zero attached hydrogens (tertiary/aromatic N) is 4. The maximum Gasteiger partial charge on any atom is 0.419 e. The number of benzene rings is 1. The topological polar surface area (TPSA) is 135 Å². The second kappa shape index (κ2) is 10.1. The first-order valence-electron chi connectivity index (χ1n) is 10.0. The Labute approximate surface area is 203 Å². The Morgan fingerprint density at radius 2 is 1.86 bits per heavy atom. The van der Waals surface area contributed by atoms with Gasteiger partial charge in [0.15, 0.2) is 5.82 Å². The van der Waals surface area contributed by atoms with Crippen LogP contribution in [0.5, 0.6) is 0 Å². The molecule has 4 rings (SSSR count). The van der Waals surface area contributed by atoms with E-state index in [2.05, 4.69) is 36.1 Å². The van der Waals surface area contributed by atoms with Gasteiger partial charge in [0.1, 0.15) is 39.8 Å². The normalized spacial score (nSPS) is 12.1. The van der Waals surface area contributed by atoms with Crippen LogP contribution in [0.4, 0.5) is 34.9 Å². The molecule has 0 aliphatic rings. The molecule has 0 saturated heterocycles. The fourth-order valence-corrected chi connectivity index (χ4v) is 3.71. The van der Waals surface area contributed by atoms with Gasteiger partial charge in [0.25, 0.3) is 11.8 Å². The largest absolute Gasteiger partial charge is 0.419 e. The van der Waals surface area contributed by atoms with E-state index >= 15 is 0 Å². The first kappa shape index (κ1) is 24.7. The van der Waals surface area contributed by atoms with Crippen molar-refractivity contribution in [1.82, 2.24) is 25.4 Å². The molecule has 1 atom stereocenters. The maximum atomic E-state index is 13.5. The molecule has 1 unspecified atom stereocenters. The van der Waals surface area contributed by atoms with Crippen molar-refractivity contribution < 1.29 is 31.7 Å². The molecule has 0 fully saturated rings. The predicted molar refractivity (Wildman–Crippen MR) is 119 cm³/mol. The Morgan fingerprint density at radius 1 is 1.06 bits per heavy atom. The zero-order valence-corrected chi connectivity index (χ0v) is 18.9. The van der Waals surface area contributed by atoms with E-state index in [1.807, 2.05) is 0 Å². The fourth-order valence-electron chi connectivity index (χ4n) is 2.90. The van der Waals surface area contributed by atoms with Crippen molar-refractivity contribution in [3.63, 3.8) is 0 Å². The minimum atomic E-state index is -4.91. The molecular formula is C21H15F4N7O3S. The molecule has 0 bridgehead atoms. The number of amides is 2. The number of alkyl halides is 3. The highest BCUT2D eigenvalue weighted by atomic mass is 32.1. The van der Waals surface area contributed by atoms with Crippen molar-refractivity contribution in [2.45, 2.75) is 19.1 Å². The van der Waals surface area contributed by atoms with Crippen LogP contribution >= 0.6 is 11.3 Å². The van der Waals surface area contributed by atoms with Crippen LogP contribution in [0.15, 0.2) is 53.6 Å². The Bertz CT molecular complexity index is 1390. The lowest BCUT2D eigenvalue weighted by Crippen LogP contribution is -2.27. The van der Waals surface area contributed by atoms with Crippen LogP contribution < -0.4 is 16.0 Å². The number of halogens is 4. The second-order valence-electron chi connectivity index (χ2n) is 7.20. The predicted octanol–water partition coefficient (Wildman–Crippen LogP) is 4.57. The highest BCUT2D eigenvalue weighted by molar-refractivity contribution is 7.13. The van der Waals surface area contributed by atoms with Crippen LogP contribution in [-0.2, 0) is 6.18 Å². The summed E-state index contributed by atoms with van der Waals surface area (Å²) in [5.41, 5.74) is -1.68. The lowest BCUT2D eigenvalue weighted by atomic mass is 10.2. The van der Waals surface area contributed by atoms with Gasteiger partial charge in [-0.05, 0) is 25.1 Å². The summed E-state index contributed by atoms with van der Waals surface area (Å²) in [4.78, 5) is 37.2. The number of carbonyl (C=O) groups excluding carboxylic acids is 2. The summed E-state index contributed by atoms with van der Waals surface area (Å²) in [6.07, 6.45) is -1.14. The van der Waals surface area contributed by atoms with Gasteiger partial charge in [-0.25, -0.2) is 19.3 Å². The van der Waals surface area contributed by atoms with E-state index in [4.69, 9.17) is 4.52 Å². The van der Waals surface area contributed by atoms with E-state index in [1.54, 1.807) is 13.0 Å². The zero-order chi connectivity index (χ0) is 25.9. The van der Waals surface area contributed by atoms with Crippen molar-refractivity contribution >= 4 is 40.5 Å². The first-order valence-corrected chi connectivity index (χ1v) is 10.9. The highest BCUT2D eigenvalue weighted by Gasteiger charge is 2.34. The molecule has 15 heteroatoms. The van der Waals surface area contributed by atoms with Gasteiger partial charge in [0.2, 0.25) is 0 Å². The third kappa shape index (κ3) is 5.80. The summed E-state index contributed by atoms with van der Waals surface area (Å²) >= 11 is 0.926. The molecule has 0 saturated carbocycles. The lowest BCUT2D eigenvalue weighted by molar-refractivity contribution is -0.139. The third-order valence-electron chi connectivity index (χ3n) is 4.59. The van der Waals surface area contributed by atoms with E-state index in [0.29, 0.717) is 28.8 Å². The van der Waals surface area contributed by atoms with E-state index in [9.17, 15) is 27.2 Å². The Balaban J connectivity index is 1.40. The number of thiazole rings is 1. The van der Waals surface area contributed by atoms with Gasteiger partial charge in [0, 0.05) is 17.8 Å². The highest BCUT2D eigenvalue weighted by Crippen LogP contribution is 2.33. The van der Waals surface area contributed by atoms with E-state index in [-0.39, 0.29) is 16.3 Å². The molecular weight excluding hydrogens is 506 g/mol. The van der Waals surface area contributed by atoms with Gasteiger partial charge in [-0.1, -0.05) is 5.16 Å². The van der Waals surface area contributed by atoms with Gasteiger partial charge in [-0.3, -0.25) is 9.59 Å². The average molecular weight is 521 g/mol. The number of hydrogen-bond acceptors (Lipinski definition) is 9. The zero-order valence-electron chi connectivity index (χ0n) is 18.1. The summed E-state index contributed by atoms with van der Waals surface area (Å²) in [5.74, 6) is -2.04. The first-order chi connectivity index (χ1) is 17.1. The molecule has 186 valence electrons. The van der Waals surface area contributed by atoms with E-state index in [0.717, 1.165) is 17.4 Å². The quantitative estimate of drug-likeness (QED) is 0.301. The average Bonchev–Trinajstić information content (AvgIpc) is 3.52. The second-order valence-corrected chi connectivity index (χ2v) is 8.26. The number of carbonyl (C=O) groups is 2. The molecule has 0 aliphatic carbocycles. The molecule has 3 N–H and O–H groups in total. The number of rotatable bonds is 7. The van der Waals surface area contributed by atoms with E-state index in [1.165, 1.54) is 24.9 Å². The third-order valence-corrected chi connectivity index (χ3v) is 5.77. The number of nitrogens with one attached hydrogen (secondary N) is 3. The Kier molecular flexibility index (Phi) is 6.91. The Hall–Kier alpha value is -4.40. The molecule has 2 amide bonds. The summed E-state index contributed by atoms with van der Waals surface area (Å²) in [6, 6.07) is 4.47. The number of aromatic nitrogens is 4. The molecule has 0 radical (unpaired) electrons. The van der Waals surface area contributed by atoms with Gasteiger partial charge < -0.3 is 20.5 Å². The molecule has 1 aromatic carbocycles. The van der Waals surface area contributed by atoms with Crippen molar-refractivity contribution in [3.8, 4) is 0 Å². The molecule has 0 aliphatic heterocycles. The van der Waals surface area contributed by atoms with Crippen LogP contribution in [0.1, 0.15) is 43.7 Å². The molecule has 3 heterocycles. The molecule has 3 aromatic heterocycles. The summed E-state index contributed by atoms with van der Waals surface area (Å²) in [7, 11) is 0. The van der Waals surface area contributed by atoms with Crippen LogP contribution in [0, 0.1) is 5.82 Å². The Morgan fingerprint density at radius 3 is 2.58 bits per heavy atom. The number of anilines is 3. The summed E-state index contributed by atoms with van der Waals surface area (Å²) in [5, 5.41) is 11.9. The van der Waals surface area contributed by atoms with Crippen molar-refractivity contribution in [2.24, 2.45) is 0 Å². The number of hydrogen-bond donors (Lipinski definition) is 3. The smallest absolute Gasteiger partial charge is 0.363 e. The van der Waals surface area contributed by atoms with Gasteiger partial charge in [0.05, 0.1) is 17.8 Å². The van der Waals surface area contributed by atoms with Crippen LogP contribution in [0.25, 0.3) is 0 Å². The van der Waals surface area contributed by atoms with Crippen molar-refractivity contribution in [3.05, 3.63) is 76.1 Å². The lowest BCUT2D eigenvalue weighted by Gasteiger charge is -2.11. The van der Waals surface area contributed by atoms with Gasteiger partial charge >= 0.3 is 6.18 Å². The van der Waals surface area contributed by atoms with E-state index < -0.39 is 35.4 Å². The standard InChI is InChI=1S/C21H15F4N7O3S/c1-10(29-18(33)14-7-17(28-9-27-14)31-16-4-5-35-32-16)20-26-8-15(36-20)19(34)30-11-2-3-13(22)12(6-11)21(23,24)25/h2-10H,1H3,(H,29,33)(H,30,34)(H,27,28,31,32). The molecule has 4 aromatic rings. The SMILES string of the molecule is CC(NC(=O)c1cc(Nc2ccon2)ncn1)c1ncc(C(=O)Nc2ccc(F)c(C(F)(F)F)c2)s1. The molecule has 36 heavy (non-hydrogen) atoms. The van der Waals surface area contributed by atoms with Crippen LogP contribution in [-0.4, -0.2) is 31.9 Å². The van der Waals surface area contributed by atoms with Gasteiger partial charge in [-0.2, -0.15) is 13.2 Å². The van der Waals surface area contributed by atoms with Crippen LogP contribution in [0.3, 0.4) is 0 Å². The molecule has 0 spiro atoms. The van der Waals surface area contributed by atoms with Crippen molar-refractivity contribution in [2.75, 3.05) is 10.6 Å². The monoisotopic (exact) mass is 521 g/mol.